The van der Waals surface area contributed by atoms with Crippen molar-refractivity contribution in [3.05, 3.63) is 174 Å². The molecule has 0 aliphatic heterocycles. The third kappa shape index (κ3) is 5.02. The van der Waals surface area contributed by atoms with Crippen molar-refractivity contribution in [1.29, 1.82) is 0 Å². The van der Waals surface area contributed by atoms with Crippen LogP contribution in [0.5, 0.6) is 0 Å². The van der Waals surface area contributed by atoms with Gasteiger partial charge in [-0.2, -0.15) is 0 Å². The van der Waals surface area contributed by atoms with Gasteiger partial charge in [-0.3, -0.25) is 4.57 Å². The zero-order chi connectivity index (χ0) is 36.7. The smallest absolute Gasteiger partial charge is 0.144 e. The fourth-order valence-electron chi connectivity index (χ4n) is 8.85. The number of hydrogen-bond donors (Lipinski definition) is 0. The predicted octanol–water partition coefficient (Wildman–Crippen LogP) is 12.8. The van der Waals surface area contributed by atoms with Crippen LogP contribution in [0.25, 0.3) is 88.6 Å². The van der Waals surface area contributed by atoms with Crippen molar-refractivity contribution >= 4 is 43.6 Å². The standard InChI is InChI=1S/C50H40N4/c1-31-10-9-11-35(26-31)36-15-20-47-43(28-36)44-29-38(16-21-48(44)54(47)40-12-7-6-8-13-40)37-14-18-45-41(27-37)42-30-39(17-19-46(42)52(45)5)50-51-22-23-53(50)49-33(3)24-32(2)25-34(49)4/h6-30H,1-5H3. The molecule has 0 bridgehead atoms. The van der Waals surface area contributed by atoms with Crippen molar-refractivity contribution in [2.24, 2.45) is 7.05 Å². The maximum Gasteiger partial charge on any atom is 0.144 e. The number of aromatic nitrogens is 4. The van der Waals surface area contributed by atoms with Crippen LogP contribution in [-0.4, -0.2) is 18.7 Å². The van der Waals surface area contributed by atoms with Gasteiger partial charge in [0.05, 0.1) is 16.7 Å². The number of fused-ring (bicyclic) bond motifs is 6. The van der Waals surface area contributed by atoms with Crippen LogP contribution in [0, 0.1) is 27.7 Å². The van der Waals surface area contributed by atoms with Crippen molar-refractivity contribution in [3.8, 4) is 45.0 Å². The van der Waals surface area contributed by atoms with E-state index in [2.05, 4.69) is 194 Å². The van der Waals surface area contributed by atoms with Crippen LogP contribution < -0.4 is 0 Å². The van der Waals surface area contributed by atoms with Gasteiger partial charge in [-0.25, -0.2) is 4.98 Å². The number of hydrogen-bond acceptors (Lipinski definition) is 1. The summed E-state index contributed by atoms with van der Waals surface area (Å²) in [5.41, 5.74) is 18.2. The summed E-state index contributed by atoms with van der Waals surface area (Å²) in [6.07, 6.45) is 3.99. The van der Waals surface area contributed by atoms with E-state index in [1.807, 2.05) is 6.20 Å². The van der Waals surface area contributed by atoms with E-state index in [-0.39, 0.29) is 0 Å². The van der Waals surface area contributed by atoms with E-state index < -0.39 is 0 Å². The summed E-state index contributed by atoms with van der Waals surface area (Å²) in [6.45, 7) is 8.69. The molecule has 0 aliphatic rings. The average molecular weight is 697 g/mol. The van der Waals surface area contributed by atoms with E-state index >= 15 is 0 Å². The highest BCUT2D eigenvalue weighted by atomic mass is 15.1. The van der Waals surface area contributed by atoms with Gasteiger partial charge in [-0.15, -0.1) is 0 Å². The molecule has 10 aromatic rings. The molecule has 0 saturated heterocycles. The summed E-state index contributed by atoms with van der Waals surface area (Å²) in [4.78, 5) is 4.89. The summed E-state index contributed by atoms with van der Waals surface area (Å²) < 4.78 is 6.95. The maximum absolute atomic E-state index is 4.89. The lowest BCUT2D eigenvalue weighted by atomic mass is 9.98. The van der Waals surface area contributed by atoms with Crippen LogP contribution in [0.15, 0.2) is 152 Å². The second kappa shape index (κ2) is 12.2. The monoisotopic (exact) mass is 696 g/mol. The van der Waals surface area contributed by atoms with Crippen LogP contribution in [0.4, 0.5) is 0 Å². The van der Waals surface area contributed by atoms with E-state index in [4.69, 9.17) is 4.98 Å². The van der Waals surface area contributed by atoms with E-state index in [1.165, 1.54) is 93.8 Å². The molecule has 4 heteroatoms. The van der Waals surface area contributed by atoms with Crippen molar-refractivity contribution in [2.45, 2.75) is 27.7 Å². The second-order valence-corrected chi connectivity index (χ2v) is 14.9. The number of nitrogens with zero attached hydrogens (tertiary/aromatic N) is 4. The van der Waals surface area contributed by atoms with Gasteiger partial charge in [0.1, 0.15) is 5.82 Å². The molecule has 0 spiro atoms. The van der Waals surface area contributed by atoms with E-state index in [0.29, 0.717) is 0 Å². The number of aryl methyl sites for hydroxylation is 5. The topological polar surface area (TPSA) is 27.7 Å². The molecule has 260 valence electrons. The molecule has 0 N–H and O–H groups in total. The SMILES string of the molecule is Cc1cccc(-c2ccc3c(c2)c2cc(-c4ccc5c(c4)c4cc(-c6nccn6-c6c(C)cc(C)cc6C)ccc4n5C)ccc2n3-c2ccccc2)c1. The van der Waals surface area contributed by atoms with Gasteiger partial charge in [0.25, 0.3) is 0 Å². The van der Waals surface area contributed by atoms with Crippen LogP contribution in [0.2, 0.25) is 0 Å². The Kier molecular flexibility index (Phi) is 7.24. The number of rotatable bonds is 5. The molecular formula is C50H40N4. The quantitative estimate of drug-likeness (QED) is 0.176. The minimum absolute atomic E-state index is 0.949. The average Bonchev–Trinajstić information content (AvgIpc) is 3.87. The first-order valence-electron chi connectivity index (χ1n) is 18.7. The number of para-hydroxylation sites is 1. The lowest BCUT2D eigenvalue weighted by Crippen LogP contribution is -2.02. The Hall–Kier alpha value is -6.65. The summed E-state index contributed by atoms with van der Waals surface area (Å²) in [6, 6.07) is 51.6. The highest BCUT2D eigenvalue weighted by molar-refractivity contribution is 6.13. The third-order valence-electron chi connectivity index (χ3n) is 11.2. The molecule has 10 rings (SSSR count). The van der Waals surface area contributed by atoms with Crippen molar-refractivity contribution in [3.63, 3.8) is 0 Å². The molecule has 0 radical (unpaired) electrons. The molecule has 0 aliphatic carbocycles. The van der Waals surface area contributed by atoms with Crippen molar-refractivity contribution < 1.29 is 0 Å². The molecule has 0 atom stereocenters. The van der Waals surface area contributed by atoms with Gasteiger partial charge in [-0.1, -0.05) is 83.9 Å². The van der Waals surface area contributed by atoms with Crippen LogP contribution in [0.3, 0.4) is 0 Å². The third-order valence-corrected chi connectivity index (χ3v) is 11.2. The van der Waals surface area contributed by atoms with E-state index in [9.17, 15) is 0 Å². The first kappa shape index (κ1) is 32.0. The summed E-state index contributed by atoms with van der Waals surface area (Å²) in [5.74, 6) is 0.949. The van der Waals surface area contributed by atoms with Crippen LogP contribution in [0.1, 0.15) is 22.3 Å². The van der Waals surface area contributed by atoms with Gasteiger partial charge in [0.2, 0.25) is 0 Å². The summed E-state index contributed by atoms with van der Waals surface area (Å²) in [5, 5.41) is 4.96. The Bertz CT molecular complexity index is 3070. The van der Waals surface area contributed by atoms with Crippen LogP contribution in [-0.2, 0) is 7.05 Å². The van der Waals surface area contributed by atoms with Gasteiger partial charge in [0, 0.05) is 63.3 Å². The molecule has 0 fully saturated rings. The molecule has 0 amide bonds. The van der Waals surface area contributed by atoms with Gasteiger partial charge < -0.3 is 9.13 Å². The number of benzene rings is 7. The maximum atomic E-state index is 4.89. The largest absolute Gasteiger partial charge is 0.344 e. The Morgan fingerprint density at radius 1 is 0.444 bits per heavy atom. The molecule has 7 aromatic carbocycles. The minimum atomic E-state index is 0.949. The number of imidazole rings is 1. The van der Waals surface area contributed by atoms with Gasteiger partial charge >= 0.3 is 0 Å². The molecular weight excluding hydrogens is 657 g/mol. The molecule has 54 heavy (non-hydrogen) atoms. The highest BCUT2D eigenvalue weighted by Crippen LogP contribution is 2.39. The van der Waals surface area contributed by atoms with Crippen molar-refractivity contribution in [1.82, 2.24) is 18.7 Å². The van der Waals surface area contributed by atoms with Gasteiger partial charge in [-0.05, 0) is 128 Å². The summed E-state index contributed by atoms with van der Waals surface area (Å²) >= 11 is 0. The zero-order valence-corrected chi connectivity index (χ0v) is 31.2. The second-order valence-electron chi connectivity index (χ2n) is 14.9. The van der Waals surface area contributed by atoms with Crippen LogP contribution >= 0.6 is 0 Å². The van der Waals surface area contributed by atoms with Crippen molar-refractivity contribution in [2.75, 3.05) is 0 Å². The minimum Gasteiger partial charge on any atom is -0.344 e. The molecule has 4 nitrogen and oxygen atoms in total. The summed E-state index contributed by atoms with van der Waals surface area (Å²) in [7, 11) is 2.17. The molecule has 0 saturated carbocycles. The Balaban J connectivity index is 1.14. The zero-order valence-electron chi connectivity index (χ0n) is 31.2. The lowest BCUT2D eigenvalue weighted by molar-refractivity contribution is 1.01. The fourth-order valence-corrected chi connectivity index (χ4v) is 8.85. The first-order valence-corrected chi connectivity index (χ1v) is 18.7. The van der Waals surface area contributed by atoms with Gasteiger partial charge in [0.15, 0.2) is 0 Å². The normalized spacial score (nSPS) is 11.8. The molecule has 3 aromatic heterocycles. The molecule has 0 unspecified atom stereocenters. The first-order chi connectivity index (χ1) is 26.3. The predicted molar refractivity (Wildman–Crippen MR) is 227 cm³/mol. The Morgan fingerprint density at radius 3 is 1.56 bits per heavy atom. The van der Waals surface area contributed by atoms with E-state index in [0.717, 1.165) is 17.1 Å². The Morgan fingerprint density at radius 2 is 0.963 bits per heavy atom. The lowest BCUT2D eigenvalue weighted by Gasteiger charge is -2.15. The molecule has 3 heterocycles. The highest BCUT2D eigenvalue weighted by Gasteiger charge is 2.18. The van der Waals surface area contributed by atoms with E-state index in [1.54, 1.807) is 0 Å². The fraction of sp³-hybridized carbons (Fsp3) is 0.100. The Labute approximate surface area is 315 Å².